The summed E-state index contributed by atoms with van der Waals surface area (Å²) in [7, 11) is 0. The summed E-state index contributed by atoms with van der Waals surface area (Å²) < 4.78 is 37.2. The van der Waals surface area contributed by atoms with Gasteiger partial charge in [0.25, 0.3) is 0 Å². The van der Waals surface area contributed by atoms with Crippen molar-refractivity contribution in [3.05, 3.63) is 35.4 Å². The highest BCUT2D eigenvalue weighted by Crippen LogP contribution is 2.29. The fourth-order valence-electron chi connectivity index (χ4n) is 2.26. The van der Waals surface area contributed by atoms with Gasteiger partial charge < -0.3 is 10.0 Å². The third-order valence-corrected chi connectivity index (χ3v) is 3.44. The number of likely N-dealkylation sites (tertiary alicyclic amines) is 1. The summed E-state index contributed by atoms with van der Waals surface area (Å²) in [5, 5.41) is 9.79. The van der Waals surface area contributed by atoms with Crippen LogP contribution < -0.4 is 0 Å². The van der Waals surface area contributed by atoms with Gasteiger partial charge in [-0.25, -0.2) is 0 Å². The summed E-state index contributed by atoms with van der Waals surface area (Å²) in [5.41, 5.74) is -1.05. The van der Waals surface area contributed by atoms with Crippen LogP contribution in [0.3, 0.4) is 0 Å². The van der Waals surface area contributed by atoms with E-state index in [4.69, 9.17) is 0 Å². The van der Waals surface area contributed by atoms with Gasteiger partial charge in [-0.15, -0.1) is 0 Å². The average Bonchev–Trinajstić information content (AvgIpc) is 2.69. The van der Waals surface area contributed by atoms with Crippen molar-refractivity contribution in [1.29, 1.82) is 0 Å². The van der Waals surface area contributed by atoms with Gasteiger partial charge in [0, 0.05) is 13.1 Å². The molecule has 1 aliphatic heterocycles. The molecule has 0 aromatic heterocycles. The van der Waals surface area contributed by atoms with Crippen LogP contribution in [0.2, 0.25) is 0 Å². The van der Waals surface area contributed by atoms with Gasteiger partial charge in [0.15, 0.2) is 0 Å². The van der Waals surface area contributed by atoms with Gasteiger partial charge in [0.05, 0.1) is 17.6 Å². The molecule has 1 saturated heterocycles. The second kappa shape index (κ2) is 5.09. The number of benzene rings is 1. The summed E-state index contributed by atoms with van der Waals surface area (Å²) in [5.74, 6) is -0.178. The summed E-state index contributed by atoms with van der Waals surface area (Å²) in [6.07, 6.45) is -3.80. The number of hydrogen-bond acceptors (Lipinski definition) is 2. The SMILES string of the molecule is CC1(O)CCN(C(=O)Cc2ccc(C(F)(F)F)cc2)C1. The largest absolute Gasteiger partial charge is 0.416 e. The molecule has 0 spiro atoms. The first kappa shape index (κ1) is 14.8. The van der Waals surface area contributed by atoms with Crippen molar-refractivity contribution >= 4 is 5.91 Å². The molecule has 3 nitrogen and oxygen atoms in total. The molecule has 1 unspecified atom stereocenters. The molecule has 6 heteroatoms. The summed E-state index contributed by atoms with van der Waals surface area (Å²) >= 11 is 0. The first-order chi connectivity index (χ1) is 9.17. The number of hydrogen-bond donors (Lipinski definition) is 1. The van der Waals surface area contributed by atoms with Gasteiger partial charge >= 0.3 is 6.18 Å². The maximum atomic E-state index is 12.4. The molecule has 1 amide bonds. The van der Waals surface area contributed by atoms with Crippen LogP contribution >= 0.6 is 0 Å². The lowest BCUT2D eigenvalue weighted by Gasteiger charge is -2.19. The quantitative estimate of drug-likeness (QED) is 0.906. The van der Waals surface area contributed by atoms with Gasteiger partial charge in [0.2, 0.25) is 5.91 Å². The van der Waals surface area contributed by atoms with Gasteiger partial charge in [-0.2, -0.15) is 13.2 Å². The predicted molar refractivity (Wildman–Crippen MR) is 67.0 cm³/mol. The Balaban J connectivity index is 1.99. The number of carbonyl (C=O) groups excluding carboxylic acids is 1. The highest BCUT2D eigenvalue weighted by Gasteiger charge is 2.34. The number of rotatable bonds is 2. The molecule has 1 aromatic rings. The van der Waals surface area contributed by atoms with E-state index in [-0.39, 0.29) is 18.9 Å². The minimum Gasteiger partial charge on any atom is -0.388 e. The van der Waals surface area contributed by atoms with Crippen molar-refractivity contribution < 1.29 is 23.1 Å². The zero-order chi connectivity index (χ0) is 15.0. The maximum absolute atomic E-state index is 12.4. The van der Waals surface area contributed by atoms with Crippen LogP contribution in [0.1, 0.15) is 24.5 Å². The summed E-state index contributed by atoms with van der Waals surface area (Å²) in [6, 6.07) is 4.58. The number of β-amino-alcohol motifs (C(OH)–C–C–N with tert-alkyl or cyclic N) is 1. The molecule has 1 atom stereocenters. The Kier molecular flexibility index (Phi) is 3.77. The highest BCUT2D eigenvalue weighted by molar-refractivity contribution is 5.79. The molecule has 1 fully saturated rings. The minimum absolute atomic E-state index is 0.0498. The summed E-state index contributed by atoms with van der Waals surface area (Å²) in [4.78, 5) is 13.5. The molecule has 0 aliphatic carbocycles. The molecule has 0 radical (unpaired) electrons. The van der Waals surface area contributed by atoms with Crippen molar-refractivity contribution in [1.82, 2.24) is 4.90 Å². The van der Waals surface area contributed by atoms with Crippen molar-refractivity contribution in [3.8, 4) is 0 Å². The molecule has 110 valence electrons. The fourth-order valence-corrected chi connectivity index (χ4v) is 2.26. The lowest BCUT2D eigenvalue weighted by Crippen LogP contribution is -2.34. The number of alkyl halides is 3. The van der Waals surface area contributed by atoms with E-state index in [1.807, 2.05) is 0 Å². The van der Waals surface area contributed by atoms with Crippen LogP contribution in [-0.4, -0.2) is 34.6 Å². The van der Waals surface area contributed by atoms with Gasteiger partial charge in [-0.1, -0.05) is 12.1 Å². The average molecular weight is 287 g/mol. The number of amides is 1. The fraction of sp³-hybridized carbons (Fsp3) is 0.500. The lowest BCUT2D eigenvalue weighted by atomic mass is 10.1. The van der Waals surface area contributed by atoms with Crippen LogP contribution in [0.5, 0.6) is 0 Å². The van der Waals surface area contributed by atoms with E-state index in [2.05, 4.69) is 0 Å². The van der Waals surface area contributed by atoms with Gasteiger partial charge in [0.1, 0.15) is 0 Å². The molecule has 1 aromatic carbocycles. The van der Waals surface area contributed by atoms with Crippen LogP contribution in [0.15, 0.2) is 24.3 Å². The third kappa shape index (κ3) is 3.50. The molecule has 0 bridgehead atoms. The Hall–Kier alpha value is -1.56. The molecular weight excluding hydrogens is 271 g/mol. The van der Waals surface area contributed by atoms with Crippen LogP contribution in [0.4, 0.5) is 13.2 Å². The van der Waals surface area contributed by atoms with Gasteiger partial charge in [-0.3, -0.25) is 4.79 Å². The third-order valence-electron chi connectivity index (χ3n) is 3.44. The molecule has 0 saturated carbocycles. The van der Waals surface area contributed by atoms with Crippen LogP contribution in [0.25, 0.3) is 0 Å². The van der Waals surface area contributed by atoms with Crippen molar-refractivity contribution in [3.63, 3.8) is 0 Å². The predicted octanol–water partition coefficient (Wildman–Crippen LogP) is 2.23. The number of carbonyl (C=O) groups is 1. The van der Waals surface area contributed by atoms with Crippen LogP contribution in [-0.2, 0) is 17.4 Å². The van der Waals surface area contributed by atoms with E-state index < -0.39 is 17.3 Å². The topological polar surface area (TPSA) is 40.5 Å². The number of halogens is 3. The zero-order valence-corrected chi connectivity index (χ0v) is 11.1. The van der Waals surface area contributed by atoms with Crippen molar-refractivity contribution in [2.24, 2.45) is 0 Å². The van der Waals surface area contributed by atoms with E-state index in [9.17, 15) is 23.1 Å². The Morgan fingerprint density at radius 1 is 1.35 bits per heavy atom. The van der Waals surface area contributed by atoms with Gasteiger partial charge in [-0.05, 0) is 31.0 Å². The Morgan fingerprint density at radius 3 is 2.40 bits per heavy atom. The molecule has 1 N–H and O–H groups in total. The first-order valence-corrected chi connectivity index (χ1v) is 6.34. The van der Waals surface area contributed by atoms with E-state index in [1.54, 1.807) is 6.92 Å². The van der Waals surface area contributed by atoms with E-state index in [0.29, 0.717) is 18.5 Å². The molecule has 1 heterocycles. The molecular formula is C14H16F3NO2. The highest BCUT2D eigenvalue weighted by atomic mass is 19.4. The molecule has 2 rings (SSSR count). The zero-order valence-electron chi connectivity index (χ0n) is 11.1. The van der Waals surface area contributed by atoms with Crippen molar-refractivity contribution in [2.75, 3.05) is 13.1 Å². The lowest BCUT2D eigenvalue weighted by molar-refractivity contribution is -0.137. The Morgan fingerprint density at radius 2 is 1.95 bits per heavy atom. The number of aliphatic hydroxyl groups is 1. The Labute approximate surface area is 115 Å². The standard InChI is InChI=1S/C14H16F3NO2/c1-13(20)6-7-18(9-13)12(19)8-10-2-4-11(5-3-10)14(15,16)17/h2-5,20H,6-9H2,1H3. The molecule has 1 aliphatic rings. The van der Waals surface area contributed by atoms with E-state index in [0.717, 1.165) is 12.1 Å². The van der Waals surface area contributed by atoms with Crippen molar-refractivity contribution in [2.45, 2.75) is 31.5 Å². The maximum Gasteiger partial charge on any atom is 0.416 e. The number of nitrogens with zero attached hydrogens (tertiary/aromatic N) is 1. The minimum atomic E-state index is -4.36. The van der Waals surface area contributed by atoms with E-state index >= 15 is 0 Å². The normalized spacial score (nSPS) is 23.1. The molecule has 20 heavy (non-hydrogen) atoms. The second-order valence-corrected chi connectivity index (χ2v) is 5.43. The monoisotopic (exact) mass is 287 g/mol. The second-order valence-electron chi connectivity index (χ2n) is 5.43. The summed E-state index contributed by atoms with van der Waals surface area (Å²) in [6.45, 7) is 2.41. The smallest absolute Gasteiger partial charge is 0.388 e. The van der Waals surface area contributed by atoms with E-state index in [1.165, 1.54) is 17.0 Å². The Bertz CT molecular complexity index is 494. The first-order valence-electron chi connectivity index (χ1n) is 6.34. The van der Waals surface area contributed by atoms with Crippen LogP contribution in [0, 0.1) is 0 Å².